The number of benzene rings is 2. The highest BCUT2D eigenvalue weighted by molar-refractivity contribution is 5.81. The van der Waals surface area contributed by atoms with Gasteiger partial charge in [-0.25, -0.2) is 4.39 Å². The molecule has 3 aromatic rings. The van der Waals surface area contributed by atoms with Crippen molar-refractivity contribution >= 4 is 10.9 Å². The van der Waals surface area contributed by atoms with Crippen LogP contribution in [0.1, 0.15) is 0 Å². The molecule has 0 aliphatic rings. The molecule has 1 heterocycles. The molecule has 0 bridgehead atoms. The van der Waals surface area contributed by atoms with Crippen molar-refractivity contribution < 1.29 is 4.39 Å². The van der Waals surface area contributed by atoms with E-state index in [2.05, 4.69) is 0 Å². The van der Waals surface area contributed by atoms with Gasteiger partial charge in [-0.15, -0.1) is 0 Å². The first kappa shape index (κ1) is 9.16. The van der Waals surface area contributed by atoms with Gasteiger partial charge in [-0.2, -0.15) is 0 Å². The third-order valence-electron chi connectivity index (χ3n) is 2.69. The Morgan fingerprint density at radius 3 is 2.62 bits per heavy atom. The first-order chi connectivity index (χ1) is 7.84. The van der Waals surface area contributed by atoms with Crippen LogP contribution in [0.15, 0.2) is 60.8 Å². The van der Waals surface area contributed by atoms with Gasteiger partial charge in [-0.1, -0.05) is 24.3 Å². The topological polar surface area (TPSA) is 4.93 Å². The molecule has 0 N–H and O–H groups in total. The maximum atomic E-state index is 13.1. The first-order valence-corrected chi connectivity index (χ1v) is 5.17. The minimum Gasteiger partial charge on any atom is -0.316 e. The predicted molar refractivity (Wildman–Crippen MR) is 63.2 cm³/mol. The molecule has 3 rings (SSSR count). The summed E-state index contributed by atoms with van der Waals surface area (Å²) in [5.74, 6) is -0.213. The van der Waals surface area contributed by atoms with Gasteiger partial charge in [0.15, 0.2) is 0 Å². The monoisotopic (exact) mass is 211 g/mol. The van der Waals surface area contributed by atoms with Gasteiger partial charge >= 0.3 is 0 Å². The molecule has 0 fully saturated rings. The zero-order valence-corrected chi connectivity index (χ0v) is 8.60. The molecule has 0 amide bonds. The van der Waals surface area contributed by atoms with Crippen LogP contribution in [-0.2, 0) is 0 Å². The zero-order chi connectivity index (χ0) is 11.0. The second kappa shape index (κ2) is 3.49. The summed E-state index contributed by atoms with van der Waals surface area (Å²) >= 11 is 0. The van der Waals surface area contributed by atoms with Crippen LogP contribution in [-0.4, -0.2) is 4.57 Å². The number of aromatic nitrogens is 1. The Labute approximate surface area is 92.8 Å². The molecule has 0 saturated carbocycles. The lowest BCUT2D eigenvalue weighted by Gasteiger charge is -2.04. The van der Waals surface area contributed by atoms with E-state index < -0.39 is 0 Å². The zero-order valence-electron chi connectivity index (χ0n) is 8.60. The Morgan fingerprint density at radius 2 is 1.75 bits per heavy atom. The Morgan fingerprint density at radius 1 is 0.875 bits per heavy atom. The van der Waals surface area contributed by atoms with E-state index in [1.807, 2.05) is 47.2 Å². The van der Waals surface area contributed by atoms with Crippen LogP contribution in [0, 0.1) is 5.82 Å². The fourth-order valence-corrected chi connectivity index (χ4v) is 1.93. The van der Waals surface area contributed by atoms with E-state index in [9.17, 15) is 4.39 Å². The third kappa shape index (κ3) is 1.39. The maximum absolute atomic E-state index is 13.1. The summed E-state index contributed by atoms with van der Waals surface area (Å²) < 4.78 is 15.1. The van der Waals surface area contributed by atoms with Crippen molar-refractivity contribution in [3.05, 3.63) is 66.6 Å². The summed E-state index contributed by atoms with van der Waals surface area (Å²) in [6.45, 7) is 0. The molecule has 2 heteroatoms. The molecule has 0 spiro atoms. The number of halogens is 1. The van der Waals surface area contributed by atoms with E-state index in [-0.39, 0.29) is 5.82 Å². The highest BCUT2D eigenvalue weighted by Crippen LogP contribution is 2.20. The Bertz CT molecular complexity index is 640. The molecule has 1 aromatic heterocycles. The number of nitrogens with zero attached hydrogens (tertiary/aromatic N) is 1. The molecular formula is C14H10FN. The molecule has 1 nitrogen and oxygen atoms in total. The van der Waals surface area contributed by atoms with E-state index in [0.717, 1.165) is 16.6 Å². The smallest absolute Gasteiger partial charge is 0.125 e. The summed E-state index contributed by atoms with van der Waals surface area (Å²) in [6, 6.07) is 16.7. The molecule has 0 aliphatic carbocycles. The Kier molecular flexibility index (Phi) is 2.00. The van der Waals surface area contributed by atoms with Crippen molar-refractivity contribution in [2.24, 2.45) is 0 Å². The van der Waals surface area contributed by atoms with Crippen molar-refractivity contribution in [2.75, 3.05) is 0 Å². The van der Waals surface area contributed by atoms with Crippen LogP contribution in [0.25, 0.3) is 16.6 Å². The second-order valence-electron chi connectivity index (χ2n) is 3.72. The quantitative estimate of drug-likeness (QED) is 0.577. The summed E-state index contributed by atoms with van der Waals surface area (Å²) in [4.78, 5) is 0. The number of fused-ring (bicyclic) bond motifs is 1. The highest BCUT2D eigenvalue weighted by atomic mass is 19.1. The molecule has 0 atom stereocenters. The van der Waals surface area contributed by atoms with Crippen LogP contribution in [0.3, 0.4) is 0 Å². The first-order valence-electron chi connectivity index (χ1n) is 5.17. The molecule has 0 radical (unpaired) electrons. The summed E-state index contributed by atoms with van der Waals surface area (Å²) in [5.41, 5.74) is 1.94. The Hall–Kier alpha value is -2.09. The van der Waals surface area contributed by atoms with Gasteiger partial charge in [0.1, 0.15) is 5.82 Å². The van der Waals surface area contributed by atoms with Crippen LogP contribution in [0.5, 0.6) is 0 Å². The standard InChI is InChI=1S/C14H10FN/c15-12-5-3-6-13(10-12)16-9-8-11-4-1-2-7-14(11)16/h1-10H. The fourth-order valence-electron chi connectivity index (χ4n) is 1.93. The second-order valence-corrected chi connectivity index (χ2v) is 3.72. The lowest BCUT2D eigenvalue weighted by molar-refractivity contribution is 0.627. The number of hydrogen-bond donors (Lipinski definition) is 0. The fraction of sp³-hybridized carbons (Fsp3) is 0. The van der Waals surface area contributed by atoms with Gasteiger partial charge in [-0.3, -0.25) is 0 Å². The number of para-hydroxylation sites is 1. The SMILES string of the molecule is Fc1cccc(-n2ccc3ccccc32)c1. The lowest BCUT2D eigenvalue weighted by Crippen LogP contribution is -1.91. The van der Waals surface area contributed by atoms with E-state index >= 15 is 0 Å². The third-order valence-corrected chi connectivity index (χ3v) is 2.69. The van der Waals surface area contributed by atoms with Crippen LogP contribution in [0.4, 0.5) is 4.39 Å². The van der Waals surface area contributed by atoms with E-state index in [4.69, 9.17) is 0 Å². The van der Waals surface area contributed by atoms with Crippen molar-refractivity contribution in [1.82, 2.24) is 4.57 Å². The average molecular weight is 211 g/mol. The number of hydrogen-bond acceptors (Lipinski definition) is 0. The van der Waals surface area contributed by atoms with Crippen LogP contribution < -0.4 is 0 Å². The van der Waals surface area contributed by atoms with Crippen LogP contribution in [0.2, 0.25) is 0 Å². The van der Waals surface area contributed by atoms with Gasteiger partial charge in [-0.05, 0) is 35.7 Å². The normalized spacial score (nSPS) is 10.8. The molecule has 0 saturated heterocycles. The minimum absolute atomic E-state index is 0.213. The average Bonchev–Trinajstić information content (AvgIpc) is 2.72. The number of rotatable bonds is 1. The predicted octanol–water partition coefficient (Wildman–Crippen LogP) is 3.77. The van der Waals surface area contributed by atoms with Crippen molar-refractivity contribution in [1.29, 1.82) is 0 Å². The van der Waals surface area contributed by atoms with Crippen LogP contribution >= 0.6 is 0 Å². The lowest BCUT2D eigenvalue weighted by atomic mass is 10.2. The van der Waals surface area contributed by atoms with Gasteiger partial charge in [0.2, 0.25) is 0 Å². The van der Waals surface area contributed by atoms with Crippen molar-refractivity contribution in [3.63, 3.8) is 0 Å². The molecule has 2 aromatic carbocycles. The minimum atomic E-state index is -0.213. The molecular weight excluding hydrogens is 201 g/mol. The molecule has 78 valence electrons. The maximum Gasteiger partial charge on any atom is 0.125 e. The molecule has 0 unspecified atom stereocenters. The van der Waals surface area contributed by atoms with E-state index in [1.54, 1.807) is 6.07 Å². The summed E-state index contributed by atoms with van der Waals surface area (Å²) in [7, 11) is 0. The van der Waals surface area contributed by atoms with E-state index in [0.29, 0.717) is 0 Å². The van der Waals surface area contributed by atoms with Gasteiger partial charge in [0.25, 0.3) is 0 Å². The largest absolute Gasteiger partial charge is 0.316 e. The highest BCUT2D eigenvalue weighted by Gasteiger charge is 2.02. The van der Waals surface area contributed by atoms with Gasteiger partial charge in [0.05, 0.1) is 5.52 Å². The summed E-state index contributed by atoms with van der Waals surface area (Å²) in [6.07, 6.45) is 1.96. The Balaban J connectivity index is 2.26. The molecule has 0 aliphatic heterocycles. The summed E-state index contributed by atoms with van der Waals surface area (Å²) in [5, 5.41) is 1.16. The van der Waals surface area contributed by atoms with Crippen molar-refractivity contribution in [3.8, 4) is 5.69 Å². The molecule has 16 heavy (non-hydrogen) atoms. The van der Waals surface area contributed by atoms with Gasteiger partial charge in [0, 0.05) is 11.9 Å². The van der Waals surface area contributed by atoms with Crippen molar-refractivity contribution in [2.45, 2.75) is 0 Å². The van der Waals surface area contributed by atoms with E-state index in [1.165, 1.54) is 12.1 Å². The van der Waals surface area contributed by atoms with Gasteiger partial charge < -0.3 is 4.57 Å².